The topological polar surface area (TPSA) is 59.0 Å². The Balaban J connectivity index is 2.43. The molecule has 0 aromatic heterocycles. The summed E-state index contributed by atoms with van der Waals surface area (Å²) in [4.78, 5) is 12.9. The van der Waals surface area contributed by atoms with Crippen LogP contribution in [0, 0.1) is 5.41 Å². The van der Waals surface area contributed by atoms with E-state index in [0.717, 1.165) is 0 Å². The van der Waals surface area contributed by atoms with E-state index in [4.69, 9.17) is 14.6 Å². The van der Waals surface area contributed by atoms with Crippen LogP contribution in [-0.4, -0.2) is 55.6 Å². The number of carboxylic acid groups (broad SMARTS) is 1. The number of hydrogen-bond acceptors (Lipinski definition) is 4. The second-order valence-electron chi connectivity index (χ2n) is 4.65. The lowest BCUT2D eigenvalue weighted by Crippen LogP contribution is -2.65. The summed E-state index contributed by atoms with van der Waals surface area (Å²) in [5.74, 6) is -1.32. The second-order valence-corrected chi connectivity index (χ2v) is 4.65. The summed E-state index contributed by atoms with van der Waals surface area (Å²) in [5.41, 5.74) is -0.729. The Morgan fingerprint density at radius 3 is 2.20 bits per heavy atom. The summed E-state index contributed by atoms with van der Waals surface area (Å²) in [6.07, 6.45) is 0. The summed E-state index contributed by atoms with van der Waals surface area (Å²) < 4.78 is 10.4. The van der Waals surface area contributed by atoms with E-state index in [1.54, 1.807) is 28.1 Å². The van der Waals surface area contributed by atoms with Crippen LogP contribution in [-0.2, 0) is 14.3 Å². The average Bonchev–Trinajstić information content (AvgIpc) is 2.10. The van der Waals surface area contributed by atoms with Crippen LogP contribution >= 0.6 is 0 Å². The first-order valence-electron chi connectivity index (χ1n) is 4.91. The summed E-state index contributed by atoms with van der Waals surface area (Å²) in [5, 5.41) is 8.97. The van der Waals surface area contributed by atoms with Gasteiger partial charge in [-0.2, -0.15) is 0 Å². The SMILES string of the molecule is COC1(OC)CN(CC(C)(C)C(=O)O)C1. The first-order chi connectivity index (χ1) is 6.85. The molecular formula is C10H19NO4. The van der Waals surface area contributed by atoms with Crippen molar-refractivity contribution in [1.82, 2.24) is 4.90 Å². The lowest BCUT2D eigenvalue weighted by atomic mass is 9.91. The van der Waals surface area contributed by atoms with Gasteiger partial charge in [-0.1, -0.05) is 0 Å². The van der Waals surface area contributed by atoms with E-state index in [9.17, 15) is 4.79 Å². The van der Waals surface area contributed by atoms with Crippen LogP contribution in [0.15, 0.2) is 0 Å². The number of rotatable bonds is 5. The van der Waals surface area contributed by atoms with E-state index in [2.05, 4.69) is 0 Å². The molecule has 15 heavy (non-hydrogen) atoms. The largest absolute Gasteiger partial charge is 0.481 e. The van der Waals surface area contributed by atoms with E-state index in [-0.39, 0.29) is 0 Å². The van der Waals surface area contributed by atoms with E-state index >= 15 is 0 Å². The Morgan fingerprint density at radius 1 is 1.40 bits per heavy atom. The monoisotopic (exact) mass is 217 g/mol. The minimum Gasteiger partial charge on any atom is -0.481 e. The molecule has 1 rings (SSSR count). The molecule has 0 aromatic rings. The number of nitrogens with zero attached hydrogens (tertiary/aromatic N) is 1. The zero-order valence-corrected chi connectivity index (χ0v) is 9.74. The molecule has 1 aliphatic rings. The summed E-state index contributed by atoms with van der Waals surface area (Å²) in [6.45, 7) is 5.19. The first kappa shape index (κ1) is 12.4. The van der Waals surface area contributed by atoms with Crippen molar-refractivity contribution in [3.05, 3.63) is 0 Å². The number of carbonyl (C=O) groups is 1. The number of carboxylic acids is 1. The lowest BCUT2D eigenvalue weighted by Gasteiger charge is -2.49. The smallest absolute Gasteiger partial charge is 0.310 e. The molecule has 1 heterocycles. The number of hydrogen-bond donors (Lipinski definition) is 1. The molecule has 0 saturated carbocycles. The summed E-state index contributed by atoms with van der Waals surface area (Å²) >= 11 is 0. The normalized spacial score (nSPS) is 21.1. The molecule has 0 radical (unpaired) electrons. The fourth-order valence-electron chi connectivity index (χ4n) is 1.72. The Hall–Kier alpha value is -0.650. The van der Waals surface area contributed by atoms with Crippen molar-refractivity contribution in [2.75, 3.05) is 33.9 Å². The third-order valence-electron chi connectivity index (χ3n) is 2.87. The van der Waals surface area contributed by atoms with Crippen molar-refractivity contribution < 1.29 is 19.4 Å². The maximum atomic E-state index is 10.9. The average molecular weight is 217 g/mol. The molecule has 0 unspecified atom stereocenters. The quantitative estimate of drug-likeness (QED) is 0.676. The van der Waals surface area contributed by atoms with Gasteiger partial charge < -0.3 is 14.6 Å². The van der Waals surface area contributed by atoms with Crippen LogP contribution in [0.5, 0.6) is 0 Å². The number of methoxy groups -OCH3 is 2. The first-order valence-corrected chi connectivity index (χ1v) is 4.91. The Bertz CT molecular complexity index is 240. The molecule has 1 fully saturated rings. The van der Waals surface area contributed by atoms with Gasteiger partial charge in [-0.3, -0.25) is 9.69 Å². The maximum Gasteiger partial charge on any atom is 0.310 e. The highest BCUT2D eigenvalue weighted by atomic mass is 16.7. The van der Waals surface area contributed by atoms with Crippen LogP contribution < -0.4 is 0 Å². The van der Waals surface area contributed by atoms with Crippen molar-refractivity contribution in [2.24, 2.45) is 5.41 Å². The van der Waals surface area contributed by atoms with Gasteiger partial charge in [0.15, 0.2) is 5.79 Å². The highest BCUT2D eigenvalue weighted by Crippen LogP contribution is 2.29. The molecule has 1 N–H and O–H groups in total. The van der Waals surface area contributed by atoms with Gasteiger partial charge in [0.2, 0.25) is 0 Å². The molecule has 1 aliphatic heterocycles. The van der Waals surface area contributed by atoms with E-state index in [0.29, 0.717) is 19.6 Å². The fraction of sp³-hybridized carbons (Fsp3) is 0.900. The molecule has 1 saturated heterocycles. The predicted molar refractivity (Wildman–Crippen MR) is 54.6 cm³/mol. The molecule has 0 amide bonds. The van der Waals surface area contributed by atoms with Gasteiger partial charge in [0, 0.05) is 20.8 Å². The van der Waals surface area contributed by atoms with Crippen LogP contribution in [0.4, 0.5) is 0 Å². The summed E-state index contributed by atoms with van der Waals surface area (Å²) in [7, 11) is 3.20. The predicted octanol–water partition coefficient (Wildman–Crippen LogP) is 0.402. The number of likely N-dealkylation sites (tertiary alicyclic amines) is 1. The third kappa shape index (κ3) is 2.48. The van der Waals surface area contributed by atoms with Gasteiger partial charge in [-0.25, -0.2) is 0 Å². The Labute approximate surface area is 90.0 Å². The molecular weight excluding hydrogens is 198 g/mol. The molecule has 88 valence electrons. The van der Waals surface area contributed by atoms with Crippen molar-refractivity contribution in [3.63, 3.8) is 0 Å². The molecule has 0 aromatic carbocycles. The van der Waals surface area contributed by atoms with Crippen molar-refractivity contribution in [1.29, 1.82) is 0 Å². The molecule has 0 spiro atoms. The number of ether oxygens (including phenoxy) is 2. The number of aliphatic carboxylic acids is 1. The van der Waals surface area contributed by atoms with Gasteiger partial charge in [-0.05, 0) is 13.8 Å². The molecule has 0 atom stereocenters. The van der Waals surface area contributed by atoms with Gasteiger partial charge in [0.05, 0.1) is 18.5 Å². The van der Waals surface area contributed by atoms with Crippen molar-refractivity contribution in [3.8, 4) is 0 Å². The van der Waals surface area contributed by atoms with Gasteiger partial charge >= 0.3 is 5.97 Å². The molecule has 0 aliphatic carbocycles. The van der Waals surface area contributed by atoms with E-state index in [1.807, 2.05) is 4.90 Å². The van der Waals surface area contributed by atoms with E-state index < -0.39 is 17.2 Å². The minimum absolute atomic E-state index is 0.511. The lowest BCUT2D eigenvalue weighted by molar-refractivity contribution is -0.278. The standard InChI is InChI=1S/C10H19NO4/c1-9(2,8(12)13)5-11-6-10(7-11,14-3)15-4/h5-7H2,1-4H3,(H,12,13). The molecule has 5 nitrogen and oxygen atoms in total. The zero-order chi connectivity index (χ0) is 11.7. The fourth-order valence-corrected chi connectivity index (χ4v) is 1.72. The molecule has 5 heteroatoms. The second kappa shape index (κ2) is 4.08. The van der Waals surface area contributed by atoms with E-state index in [1.165, 1.54) is 0 Å². The third-order valence-corrected chi connectivity index (χ3v) is 2.87. The molecule has 0 bridgehead atoms. The highest BCUT2D eigenvalue weighted by molar-refractivity contribution is 5.73. The minimum atomic E-state index is -0.783. The highest BCUT2D eigenvalue weighted by Gasteiger charge is 2.46. The van der Waals surface area contributed by atoms with Gasteiger partial charge in [0.25, 0.3) is 0 Å². The van der Waals surface area contributed by atoms with Gasteiger partial charge in [0.1, 0.15) is 0 Å². The van der Waals surface area contributed by atoms with Crippen molar-refractivity contribution >= 4 is 5.97 Å². The van der Waals surface area contributed by atoms with Crippen LogP contribution in [0.1, 0.15) is 13.8 Å². The maximum absolute atomic E-state index is 10.9. The van der Waals surface area contributed by atoms with Crippen LogP contribution in [0.3, 0.4) is 0 Å². The van der Waals surface area contributed by atoms with Gasteiger partial charge in [-0.15, -0.1) is 0 Å². The zero-order valence-electron chi connectivity index (χ0n) is 9.74. The van der Waals surface area contributed by atoms with Crippen molar-refractivity contribution in [2.45, 2.75) is 19.6 Å². The van der Waals surface area contributed by atoms with Crippen LogP contribution in [0.25, 0.3) is 0 Å². The van der Waals surface area contributed by atoms with Crippen LogP contribution in [0.2, 0.25) is 0 Å². The Morgan fingerprint density at radius 2 is 1.87 bits per heavy atom. The summed E-state index contributed by atoms with van der Waals surface area (Å²) in [6, 6.07) is 0. The Kier molecular flexibility index (Phi) is 3.38.